The van der Waals surface area contributed by atoms with Crippen molar-refractivity contribution < 1.29 is 4.79 Å². The lowest BCUT2D eigenvalue weighted by molar-refractivity contribution is -0.137. The second kappa shape index (κ2) is 4.12. The zero-order valence-corrected chi connectivity index (χ0v) is 9.78. The van der Waals surface area contributed by atoms with E-state index in [1.165, 1.54) is 6.42 Å². The lowest BCUT2D eigenvalue weighted by Crippen LogP contribution is -2.43. The van der Waals surface area contributed by atoms with Crippen molar-refractivity contribution in [3.05, 3.63) is 0 Å². The van der Waals surface area contributed by atoms with E-state index >= 15 is 0 Å². The van der Waals surface area contributed by atoms with Crippen LogP contribution in [0.5, 0.6) is 0 Å². The summed E-state index contributed by atoms with van der Waals surface area (Å²) in [6.07, 6.45) is 3.65. The maximum Gasteiger partial charge on any atom is 0.225 e. The van der Waals surface area contributed by atoms with Crippen molar-refractivity contribution in [2.75, 3.05) is 13.1 Å². The van der Waals surface area contributed by atoms with Crippen LogP contribution in [0.15, 0.2) is 0 Å². The molecule has 2 saturated carbocycles. The van der Waals surface area contributed by atoms with Crippen molar-refractivity contribution in [3.8, 4) is 0 Å². The first-order valence-electron chi connectivity index (χ1n) is 6.14. The summed E-state index contributed by atoms with van der Waals surface area (Å²) in [6, 6.07) is 0.290. The van der Waals surface area contributed by atoms with E-state index in [1.54, 1.807) is 0 Å². The number of carbonyl (C=O) groups excluding carboxylic acids is 1. The van der Waals surface area contributed by atoms with Crippen LogP contribution in [0.25, 0.3) is 0 Å². The molecule has 0 bridgehead atoms. The normalized spacial score (nSPS) is 32.9. The lowest BCUT2D eigenvalue weighted by Gasteiger charge is -2.29. The average Bonchev–Trinajstić information content (AvgIpc) is 2.81. The van der Waals surface area contributed by atoms with Gasteiger partial charge in [-0.1, -0.05) is 0 Å². The first-order valence-corrected chi connectivity index (χ1v) is 6.14. The minimum Gasteiger partial charge on any atom is -0.339 e. The van der Waals surface area contributed by atoms with Gasteiger partial charge >= 0.3 is 0 Å². The molecule has 0 aromatic rings. The molecular weight excluding hydrogens is 188 g/mol. The van der Waals surface area contributed by atoms with Gasteiger partial charge in [0.05, 0.1) is 0 Å². The third kappa shape index (κ3) is 2.17. The molecule has 3 heteroatoms. The van der Waals surface area contributed by atoms with Gasteiger partial charge in [-0.2, -0.15) is 0 Å². The molecule has 2 aliphatic carbocycles. The quantitative estimate of drug-likeness (QED) is 0.758. The number of rotatable bonds is 4. The van der Waals surface area contributed by atoms with E-state index in [0.717, 1.165) is 24.7 Å². The molecule has 86 valence electrons. The number of fused-ring (bicyclic) bond motifs is 1. The highest BCUT2D eigenvalue weighted by atomic mass is 16.2. The number of hydrogen-bond donors (Lipinski definition) is 1. The number of amides is 1. The predicted molar refractivity (Wildman–Crippen MR) is 60.2 cm³/mol. The minimum absolute atomic E-state index is 0.290. The van der Waals surface area contributed by atoms with Crippen molar-refractivity contribution >= 4 is 5.91 Å². The number of hydrogen-bond acceptors (Lipinski definition) is 2. The van der Waals surface area contributed by atoms with Crippen LogP contribution in [-0.2, 0) is 4.79 Å². The van der Waals surface area contributed by atoms with Crippen LogP contribution in [0.1, 0.15) is 33.1 Å². The summed E-state index contributed by atoms with van der Waals surface area (Å²) in [5.41, 5.74) is 5.55. The van der Waals surface area contributed by atoms with Gasteiger partial charge in [0.25, 0.3) is 0 Å². The fraction of sp³-hybridized carbons (Fsp3) is 0.917. The summed E-state index contributed by atoms with van der Waals surface area (Å²) in [5.74, 6) is 2.42. The summed E-state index contributed by atoms with van der Waals surface area (Å²) >= 11 is 0. The first-order chi connectivity index (χ1) is 7.13. The molecule has 2 unspecified atom stereocenters. The van der Waals surface area contributed by atoms with Crippen LogP contribution in [0.3, 0.4) is 0 Å². The van der Waals surface area contributed by atoms with Crippen molar-refractivity contribution in [2.24, 2.45) is 23.5 Å². The molecular formula is C12H22N2O. The van der Waals surface area contributed by atoms with Gasteiger partial charge in [0.1, 0.15) is 0 Å². The fourth-order valence-electron chi connectivity index (χ4n) is 2.91. The second-order valence-corrected chi connectivity index (χ2v) is 5.34. The van der Waals surface area contributed by atoms with E-state index in [9.17, 15) is 4.79 Å². The van der Waals surface area contributed by atoms with E-state index in [-0.39, 0.29) is 6.04 Å². The van der Waals surface area contributed by atoms with E-state index in [1.807, 2.05) is 4.90 Å². The van der Waals surface area contributed by atoms with Gasteiger partial charge in [-0.05, 0) is 44.9 Å². The molecule has 0 aliphatic heterocycles. The Balaban J connectivity index is 1.91. The third-order valence-electron chi connectivity index (χ3n) is 3.87. The molecule has 0 spiro atoms. The number of carbonyl (C=O) groups is 1. The second-order valence-electron chi connectivity index (χ2n) is 5.34. The smallest absolute Gasteiger partial charge is 0.225 e. The Kier molecular flexibility index (Phi) is 3.01. The fourth-order valence-corrected chi connectivity index (χ4v) is 2.91. The number of nitrogens with two attached hydrogens (primary N) is 1. The van der Waals surface area contributed by atoms with E-state index in [2.05, 4.69) is 13.8 Å². The molecule has 15 heavy (non-hydrogen) atoms. The van der Waals surface area contributed by atoms with Crippen LogP contribution in [0.4, 0.5) is 0 Å². The zero-order valence-electron chi connectivity index (χ0n) is 9.78. The molecule has 2 rings (SSSR count). The highest BCUT2D eigenvalue weighted by Crippen LogP contribution is 2.54. The molecule has 3 nitrogen and oxygen atoms in total. The number of nitrogens with zero attached hydrogens (tertiary/aromatic N) is 1. The summed E-state index contributed by atoms with van der Waals surface area (Å²) in [7, 11) is 0. The molecule has 0 aromatic heterocycles. The van der Waals surface area contributed by atoms with Crippen molar-refractivity contribution in [2.45, 2.75) is 39.2 Å². The van der Waals surface area contributed by atoms with Crippen molar-refractivity contribution in [3.63, 3.8) is 0 Å². The van der Waals surface area contributed by atoms with Gasteiger partial charge in [-0.25, -0.2) is 0 Å². The summed E-state index contributed by atoms with van der Waals surface area (Å²) in [6.45, 7) is 5.43. The SMILES string of the molecule is CC(C)N(CCN)C(=O)C1CC2CC2C1. The zero-order chi connectivity index (χ0) is 11.0. The van der Waals surface area contributed by atoms with Crippen LogP contribution in [0, 0.1) is 17.8 Å². The Morgan fingerprint density at radius 2 is 1.93 bits per heavy atom. The van der Waals surface area contributed by atoms with Gasteiger partial charge in [0.2, 0.25) is 5.91 Å². The highest BCUT2D eigenvalue weighted by molar-refractivity contribution is 5.79. The molecule has 1 amide bonds. The van der Waals surface area contributed by atoms with E-state index < -0.39 is 0 Å². The lowest BCUT2D eigenvalue weighted by atomic mass is 10.0. The molecule has 2 N–H and O–H groups in total. The maximum atomic E-state index is 12.2. The predicted octanol–water partition coefficient (Wildman–Crippen LogP) is 1.23. The Morgan fingerprint density at radius 3 is 2.40 bits per heavy atom. The van der Waals surface area contributed by atoms with Gasteiger partial charge in [-0.15, -0.1) is 0 Å². The Morgan fingerprint density at radius 1 is 1.33 bits per heavy atom. The van der Waals surface area contributed by atoms with Crippen molar-refractivity contribution in [1.29, 1.82) is 0 Å². The minimum atomic E-state index is 0.290. The topological polar surface area (TPSA) is 46.3 Å². The average molecular weight is 210 g/mol. The summed E-state index contributed by atoms with van der Waals surface area (Å²) in [4.78, 5) is 14.2. The van der Waals surface area contributed by atoms with Crippen LogP contribution < -0.4 is 5.73 Å². The monoisotopic (exact) mass is 210 g/mol. The van der Waals surface area contributed by atoms with Crippen LogP contribution >= 0.6 is 0 Å². The first kappa shape index (κ1) is 10.9. The largest absolute Gasteiger partial charge is 0.339 e. The molecule has 0 saturated heterocycles. The summed E-state index contributed by atoms with van der Waals surface area (Å²) in [5, 5.41) is 0. The molecule has 2 atom stereocenters. The van der Waals surface area contributed by atoms with Crippen LogP contribution in [-0.4, -0.2) is 29.9 Å². The Labute approximate surface area is 92.0 Å². The van der Waals surface area contributed by atoms with Crippen molar-refractivity contribution in [1.82, 2.24) is 4.90 Å². The maximum absolute atomic E-state index is 12.2. The summed E-state index contributed by atoms with van der Waals surface area (Å²) < 4.78 is 0. The highest BCUT2D eigenvalue weighted by Gasteiger charge is 2.48. The van der Waals surface area contributed by atoms with Crippen LogP contribution in [0.2, 0.25) is 0 Å². The molecule has 0 heterocycles. The van der Waals surface area contributed by atoms with E-state index in [4.69, 9.17) is 5.73 Å². The van der Waals surface area contributed by atoms with Gasteiger partial charge in [0, 0.05) is 25.0 Å². The molecule has 2 aliphatic rings. The third-order valence-corrected chi connectivity index (χ3v) is 3.87. The van der Waals surface area contributed by atoms with E-state index in [0.29, 0.717) is 24.9 Å². The standard InChI is InChI=1S/C12H22N2O/c1-8(2)14(4-3-13)12(15)11-6-9-5-10(9)7-11/h8-11H,3-7,13H2,1-2H3. The molecule has 0 aromatic carbocycles. The Bertz CT molecular complexity index is 242. The van der Waals surface area contributed by atoms with Gasteiger partial charge in [-0.3, -0.25) is 4.79 Å². The van der Waals surface area contributed by atoms with Gasteiger partial charge in [0.15, 0.2) is 0 Å². The molecule has 2 fully saturated rings. The molecule has 0 radical (unpaired) electrons. The Hall–Kier alpha value is -0.570. The van der Waals surface area contributed by atoms with Gasteiger partial charge < -0.3 is 10.6 Å².